The Hall–Kier alpha value is -2.84. The number of hydrogen-bond acceptors (Lipinski definition) is 6. The molecule has 0 aliphatic carbocycles. The monoisotopic (exact) mass is 369 g/mol. The van der Waals surface area contributed by atoms with Gasteiger partial charge in [-0.3, -0.25) is 24.7 Å². The number of carbonyl (C=O) groups is 2. The molecule has 0 aromatic carbocycles. The Balaban J connectivity index is 1.47. The van der Waals surface area contributed by atoms with Gasteiger partial charge in [0.25, 0.3) is 5.91 Å². The number of aromatic amines is 1. The topological polar surface area (TPSA) is 108 Å². The lowest BCUT2D eigenvalue weighted by atomic mass is 9.73. The number of carbonyl (C=O) groups excluding carboxylic acids is 2. The van der Waals surface area contributed by atoms with Crippen LogP contribution in [0.15, 0.2) is 18.7 Å². The van der Waals surface area contributed by atoms with Crippen molar-refractivity contribution in [2.75, 3.05) is 19.6 Å². The zero-order chi connectivity index (χ0) is 18.9. The molecule has 2 fully saturated rings. The van der Waals surface area contributed by atoms with E-state index in [0.717, 1.165) is 30.7 Å². The molecule has 9 heteroatoms. The van der Waals surface area contributed by atoms with Gasteiger partial charge in [-0.25, -0.2) is 4.98 Å². The van der Waals surface area contributed by atoms with E-state index in [1.54, 1.807) is 12.4 Å². The van der Waals surface area contributed by atoms with Crippen molar-refractivity contribution in [1.82, 2.24) is 34.9 Å². The van der Waals surface area contributed by atoms with E-state index >= 15 is 0 Å². The van der Waals surface area contributed by atoms with Crippen LogP contribution in [0.2, 0.25) is 0 Å². The second-order valence-electron chi connectivity index (χ2n) is 7.56. The summed E-state index contributed by atoms with van der Waals surface area (Å²) < 4.78 is 0. The zero-order valence-electron chi connectivity index (χ0n) is 15.4. The molecule has 2 aromatic heterocycles. The highest BCUT2D eigenvalue weighted by molar-refractivity contribution is 5.90. The first-order valence-corrected chi connectivity index (χ1v) is 9.25. The molecule has 142 valence electrons. The Morgan fingerprint density at radius 1 is 1.22 bits per heavy atom. The molecule has 2 amide bonds. The lowest BCUT2D eigenvalue weighted by molar-refractivity contribution is -0.139. The summed E-state index contributed by atoms with van der Waals surface area (Å²) in [6.07, 6.45) is 8.04. The van der Waals surface area contributed by atoms with Gasteiger partial charge >= 0.3 is 0 Å². The molecule has 2 aliphatic heterocycles. The number of nitrogens with one attached hydrogen (secondary N) is 1. The SMILES string of the molecule is Cc1cnc(CN2CC3(CCCN(C(=O)c4ncn[nH]4)C3)CCC2=O)cn1. The maximum Gasteiger partial charge on any atom is 0.291 e. The van der Waals surface area contributed by atoms with E-state index in [2.05, 4.69) is 25.1 Å². The Kier molecular flexibility index (Phi) is 4.59. The van der Waals surface area contributed by atoms with E-state index in [1.165, 1.54) is 6.33 Å². The van der Waals surface area contributed by atoms with Gasteiger partial charge in [-0.2, -0.15) is 5.10 Å². The summed E-state index contributed by atoms with van der Waals surface area (Å²) in [6, 6.07) is 0. The molecule has 1 spiro atoms. The number of amides is 2. The van der Waals surface area contributed by atoms with Crippen LogP contribution < -0.4 is 0 Å². The fourth-order valence-electron chi connectivity index (χ4n) is 4.12. The number of nitrogens with zero attached hydrogens (tertiary/aromatic N) is 6. The number of hydrogen-bond donors (Lipinski definition) is 1. The third-order valence-corrected chi connectivity index (χ3v) is 5.50. The van der Waals surface area contributed by atoms with Crippen LogP contribution in [0, 0.1) is 12.3 Å². The number of likely N-dealkylation sites (tertiary alicyclic amines) is 2. The summed E-state index contributed by atoms with van der Waals surface area (Å²) in [5, 5.41) is 6.41. The van der Waals surface area contributed by atoms with Gasteiger partial charge in [0.2, 0.25) is 11.7 Å². The third-order valence-electron chi connectivity index (χ3n) is 5.50. The van der Waals surface area contributed by atoms with Crippen molar-refractivity contribution in [3.05, 3.63) is 35.9 Å². The Bertz CT molecular complexity index is 821. The predicted octanol–water partition coefficient (Wildman–Crippen LogP) is 0.948. The normalized spacial score (nSPS) is 23.1. The molecule has 9 nitrogen and oxygen atoms in total. The van der Waals surface area contributed by atoms with Crippen molar-refractivity contribution in [3.63, 3.8) is 0 Å². The molecule has 2 saturated heterocycles. The van der Waals surface area contributed by atoms with Crippen molar-refractivity contribution in [2.45, 2.75) is 39.2 Å². The highest BCUT2D eigenvalue weighted by Crippen LogP contribution is 2.39. The molecule has 1 unspecified atom stereocenters. The van der Waals surface area contributed by atoms with E-state index in [0.29, 0.717) is 32.6 Å². The molecule has 2 aromatic rings. The standard InChI is InChI=1S/C18H23N7O2/c1-13-7-20-14(8-19-13)9-25-11-18(5-3-15(25)26)4-2-6-24(10-18)17(27)16-21-12-22-23-16/h7-8,12H,2-6,9-11H2,1H3,(H,21,22,23). The smallest absolute Gasteiger partial charge is 0.291 e. The number of H-pyrrole nitrogens is 1. The van der Waals surface area contributed by atoms with Gasteiger partial charge in [0, 0.05) is 37.7 Å². The van der Waals surface area contributed by atoms with E-state index in [-0.39, 0.29) is 23.1 Å². The van der Waals surface area contributed by atoms with Gasteiger partial charge in [0.15, 0.2) is 0 Å². The van der Waals surface area contributed by atoms with Crippen LogP contribution in [0.25, 0.3) is 0 Å². The molecule has 1 atom stereocenters. The second kappa shape index (κ2) is 7.05. The Labute approximate surface area is 157 Å². The highest BCUT2D eigenvalue weighted by Gasteiger charge is 2.43. The highest BCUT2D eigenvalue weighted by atomic mass is 16.2. The molecule has 2 aliphatic rings. The van der Waals surface area contributed by atoms with Gasteiger partial charge in [0.05, 0.1) is 24.1 Å². The second-order valence-corrected chi connectivity index (χ2v) is 7.56. The van der Waals surface area contributed by atoms with Crippen LogP contribution in [0.4, 0.5) is 0 Å². The number of aryl methyl sites for hydroxylation is 1. The predicted molar refractivity (Wildman–Crippen MR) is 95.4 cm³/mol. The first kappa shape index (κ1) is 17.6. The van der Waals surface area contributed by atoms with Crippen LogP contribution in [-0.4, -0.2) is 66.4 Å². The van der Waals surface area contributed by atoms with Crippen molar-refractivity contribution in [3.8, 4) is 0 Å². The maximum absolute atomic E-state index is 12.6. The van der Waals surface area contributed by atoms with Gasteiger partial charge in [-0.15, -0.1) is 0 Å². The summed E-state index contributed by atoms with van der Waals surface area (Å²) in [5.74, 6) is 0.284. The maximum atomic E-state index is 12.6. The van der Waals surface area contributed by atoms with Crippen molar-refractivity contribution >= 4 is 11.8 Å². The third kappa shape index (κ3) is 3.67. The average Bonchev–Trinajstić information content (AvgIpc) is 3.21. The fraction of sp³-hybridized carbons (Fsp3) is 0.556. The fourth-order valence-corrected chi connectivity index (χ4v) is 4.12. The molecule has 0 radical (unpaired) electrons. The molecule has 0 bridgehead atoms. The summed E-state index contributed by atoms with van der Waals surface area (Å²) in [5.41, 5.74) is 1.57. The number of piperidine rings is 2. The summed E-state index contributed by atoms with van der Waals surface area (Å²) >= 11 is 0. The summed E-state index contributed by atoms with van der Waals surface area (Å²) in [7, 11) is 0. The van der Waals surface area contributed by atoms with Gasteiger partial charge in [-0.05, 0) is 26.2 Å². The average molecular weight is 369 g/mol. The lowest BCUT2D eigenvalue weighted by Crippen LogP contribution is -2.55. The van der Waals surface area contributed by atoms with Crippen LogP contribution in [-0.2, 0) is 11.3 Å². The Morgan fingerprint density at radius 2 is 2.11 bits per heavy atom. The van der Waals surface area contributed by atoms with E-state index in [4.69, 9.17) is 0 Å². The molecule has 0 saturated carbocycles. The first-order valence-electron chi connectivity index (χ1n) is 9.25. The molecular formula is C18H23N7O2. The lowest BCUT2D eigenvalue weighted by Gasteiger charge is -2.48. The molecule has 27 heavy (non-hydrogen) atoms. The zero-order valence-corrected chi connectivity index (χ0v) is 15.4. The molecule has 4 rings (SSSR count). The minimum atomic E-state index is -0.126. The van der Waals surface area contributed by atoms with Gasteiger partial charge in [0.1, 0.15) is 6.33 Å². The van der Waals surface area contributed by atoms with Crippen LogP contribution in [0.5, 0.6) is 0 Å². The molecule has 4 heterocycles. The number of rotatable bonds is 3. The van der Waals surface area contributed by atoms with Crippen molar-refractivity contribution in [2.24, 2.45) is 5.41 Å². The van der Waals surface area contributed by atoms with E-state index in [1.807, 2.05) is 16.7 Å². The Morgan fingerprint density at radius 3 is 2.85 bits per heavy atom. The van der Waals surface area contributed by atoms with Crippen molar-refractivity contribution in [1.29, 1.82) is 0 Å². The van der Waals surface area contributed by atoms with Crippen LogP contribution in [0.1, 0.15) is 47.7 Å². The van der Waals surface area contributed by atoms with E-state index < -0.39 is 0 Å². The quantitative estimate of drug-likeness (QED) is 0.863. The van der Waals surface area contributed by atoms with E-state index in [9.17, 15) is 9.59 Å². The largest absolute Gasteiger partial charge is 0.336 e. The first-order chi connectivity index (χ1) is 13.0. The van der Waals surface area contributed by atoms with Crippen LogP contribution >= 0.6 is 0 Å². The number of aromatic nitrogens is 5. The summed E-state index contributed by atoms with van der Waals surface area (Å²) in [6.45, 7) is 4.33. The van der Waals surface area contributed by atoms with Crippen molar-refractivity contribution < 1.29 is 9.59 Å². The molecular weight excluding hydrogens is 346 g/mol. The van der Waals surface area contributed by atoms with Gasteiger partial charge in [-0.1, -0.05) is 0 Å². The minimum absolute atomic E-state index is 0.0695. The van der Waals surface area contributed by atoms with Crippen LogP contribution in [0.3, 0.4) is 0 Å². The molecule has 1 N–H and O–H groups in total. The van der Waals surface area contributed by atoms with Gasteiger partial charge < -0.3 is 9.80 Å². The minimum Gasteiger partial charge on any atom is -0.336 e. The summed E-state index contributed by atoms with van der Waals surface area (Å²) in [4.78, 5) is 41.4.